The van der Waals surface area contributed by atoms with E-state index in [0.717, 1.165) is 5.56 Å². The zero-order chi connectivity index (χ0) is 13.3. The highest BCUT2D eigenvalue weighted by molar-refractivity contribution is 5.36. The highest BCUT2D eigenvalue weighted by atomic mass is 19.3. The van der Waals surface area contributed by atoms with Crippen LogP contribution in [0.3, 0.4) is 0 Å². The lowest BCUT2D eigenvalue weighted by Crippen LogP contribution is -2.28. The molecule has 1 atom stereocenters. The minimum atomic E-state index is -2.72. The zero-order valence-electron chi connectivity index (χ0n) is 11.3. The molecule has 1 aliphatic rings. The lowest BCUT2D eigenvalue weighted by atomic mass is 9.88. The predicted octanol–water partition coefficient (Wildman–Crippen LogP) is 3.82. The van der Waals surface area contributed by atoms with Crippen molar-refractivity contribution in [3.05, 3.63) is 34.9 Å². The molecule has 1 N–H and O–H groups in total. The summed E-state index contributed by atoms with van der Waals surface area (Å²) in [6.07, 6.45) is 0.554. The smallest absolute Gasteiger partial charge is 0.277 e. The summed E-state index contributed by atoms with van der Waals surface area (Å²) < 4.78 is 29.1. The Morgan fingerprint density at radius 3 is 2.61 bits per heavy atom. The Bertz CT molecular complexity index is 421. The maximum absolute atomic E-state index is 14.5. The molecule has 100 valence electrons. The van der Waals surface area contributed by atoms with E-state index >= 15 is 0 Å². The summed E-state index contributed by atoms with van der Waals surface area (Å²) >= 11 is 0. The number of halogens is 2. The Labute approximate surface area is 108 Å². The molecule has 0 bridgehead atoms. The number of benzene rings is 1. The van der Waals surface area contributed by atoms with E-state index in [4.69, 9.17) is 0 Å². The Kier molecular flexibility index (Phi) is 3.71. The van der Waals surface area contributed by atoms with Crippen LogP contribution in [0, 0.1) is 12.8 Å². The third kappa shape index (κ3) is 2.41. The van der Waals surface area contributed by atoms with Gasteiger partial charge in [-0.05, 0) is 43.0 Å². The van der Waals surface area contributed by atoms with Crippen molar-refractivity contribution < 1.29 is 8.78 Å². The van der Waals surface area contributed by atoms with E-state index in [-0.39, 0.29) is 11.5 Å². The molecule has 1 aromatic rings. The molecule has 0 spiro atoms. The van der Waals surface area contributed by atoms with Crippen LogP contribution in [-0.4, -0.2) is 13.1 Å². The lowest BCUT2D eigenvalue weighted by molar-refractivity contribution is -0.0581. The van der Waals surface area contributed by atoms with Gasteiger partial charge in [-0.1, -0.05) is 26.0 Å². The van der Waals surface area contributed by atoms with Gasteiger partial charge in [-0.2, -0.15) is 0 Å². The highest BCUT2D eigenvalue weighted by Crippen LogP contribution is 2.41. The van der Waals surface area contributed by atoms with Gasteiger partial charge in [-0.25, -0.2) is 8.78 Å². The molecule has 0 amide bonds. The molecule has 18 heavy (non-hydrogen) atoms. The van der Waals surface area contributed by atoms with Gasteiger partial charge < -0.3 is 5.32 Å². The van der Waals surface area contributed by atoms with Crippen molar-refractivity contribution in [2.24, 2.45) is 5.92 Å². The van der Waals surface area contributed by atoms with E-state index in [0.29, 0.717) is 25.1 Å². The van der Waals surface area contributed by atoms with E-state index in [1.165, 1.54) is 0 Å². The molecule has 2 rings (SSSR count). The summed E-state index contributed by atoms with van der Waals surface area (Å²) in [5.41, 5.74) is 1.89. The number of rotatable bonds is 3. The summed E-state index contributed by atoms with van der Waals surface area (Å²) in [6.45, 7) is 6.95. The summed E-state index contributed by atoms with van der Waals surface area (Å²) in [5, 5.41) is 3.03. The van der Waals surface area contributed by atoms with Crippen LogP contribution >= 0.6 is 0 Å². The highest BCUT2D eigenvalue weighted by Gasteiger charge is 2.43. The van der Waals surface area contributed by atoms with Crippen molar-refractivity contribution in [2.75, 3.05) is 13.1 Å². The number of alkyl halides is 2. The van der Waals surface area contributed by atoms with Gasteiger partial charge >= 0.3 is 0 Å². The van der Waals surface area contributed by atoms with Crippen LogP contribution < -0.4 is 5.32 Å². The molecule has 0 aromatic heterocycles. The first kappa shape index (κ1) is 13.5. The lowest BCUT2D eigenvalue weighted by Gasteiger charge is -2.25. The molecule has 1 saturated heterocycles. The van der Waals surface area contributed by atoms with Crippen molar-refractivity contribution in [1.82, 2.24) is 5.32 Å². The minimum Gasteiger partial charge on any atom is -0.316 e. The van der Waals surface area contributed by atoms with Crippen LogP contribution in [0.2, 0.25) is 0 Å². The van der Waals surface area contributed by atoms with E-state index in [2.05, 4.69) is 5.32 Å². The molecule has 1 unspecified atom stereocenters. The molecule has 1 fully saturated rings. The fourth-order valence-corrected chi connectivity index (χ4v) is 2.54. The van der Waals surface area contributed by atoms with Gasteiger partial charge in [0.1, 0.15) is 0 Å². The first-order valence-corrected chi connectivity index (χ1v) is 6.62. The Morgan fingerprint density at radius 1 is 1.33 bits per heavy atom. The van der Waals surface area contributed by atoms with Gasteiger partial charge in [0.15, 0.2) is 0 Å². The van der Waals surface area contributed by atoms with Gasteiger partial charge in [0, 0.05) is 18.0 Å². The molecule has 1 aliphatic heterocycles. The Hall–Kier alpha value is -0.960. The van der Waals surface area contributed by atoms with E-state index in [1.54, 1.807) is 13.0 Å². The first-order valence-electron chi connectivity index (χ1n) is 6.62. The molecular formula is C15H21F2N. The van der Waals surface area contributed by atoms with Gasteiger partial charge in [-0.15, -0.1) is 0 Å². The van der Waals surface area contributed by atoms with Crippen LogP contribution in [-0.2, 0) is 5.92 Å². The molecule has 1 aromatic carbocycles. The van der Waals surface area contributed by atoms with E-state index in [9.17, 15) is 8.78 Å². The van der Waals surface area contributed by atoms with Gasteiger partial charge in [0.2, 0.25) is 0 Å². The SMILES string of the molecule is Cc1ccc(C(C)C)cc1C(F)(F)C1CCNC1. The van der Waals surface area contributed by atoms with Crippen LogP contribution in [0.1, 0.15) is 42.9 Å². The Morgan fingerprint density at radius 2 is 2.06 bits per heavy atom. The summed E-state index contributed by atoms with van der Waals surface area (Å²) in [4.78, 5) is 0. The van der Waals surface area contributed by atoms with Gasteiger partial charge in [0.05, 0.1) is 0 Å². The van der Waals surface area contributed by atoms with Crippen LogP contribution in [0.5, 0.6) is 0 Å². The van der Waals surface area contributed by atoms with Crippen molar-refractivity contribution in [2.45, 2.75) is 39.0 Å². The number of aryl methyl sites for hydroxylation is 1. The molecular weight excluding hydrogens is 232 g/mol. The third-order valence-corrected chi connectivity index (χ3v) is 3.86. The molecule has 0 radical (unpaired) electrons. The second-order valence-electron chi connectivity index (χ2n) is 5.54. The normalized spacial score (nSPS) is 20.7. The second-order valence-corrected chi connectivity index (χ2v) is 5.54. The average molecular weight is 253 g/mol. The molecule has 3 heteroatoms. The van der Waals surface area contributed by atoms with E-state index < -0.39 is 11.8 Å². The maximum atomic E-state index is 14.5. The fraction of sp³-hybridized carbons (Fsp3) is 0.600. The summed E-state index contributed by atoms with van der Waals surface area (Å²) in [5.74, 6) is -3.01. The zero-order valence-corrected chi connectivity index (χ0v) is 11.3. The fourth-order valence-electron chi connectivity index (χ4n) is 2.54. The average Bonchev–Trinajstić information content (AvgIpc) is 2.82. The molecule has 1 nitrogen and oxygen atoms in total. The van der Waals surface area contributed by atoms with E-state index in [1.807, 2.05) is 26.0 Å². The molecule has 1 heterocycles. The van der Waals surface area contributed by atoms with Crippen LogP contribution in [0.4, 0.5) is 8.78 Å². The topological polar surface area (TPSA) is 12.0 Å². The number of nitrogens with one attached hydrogen (secondary N) is 1. The number of hydrogen-bond donors (Lipinski definition) is 1. The molecule has 0 aliphatic carbocycles. The minimum absolute atomic E-state index is 0.211. The standard InChI is InChI=1S/C15H21F2N/c1-10(2)12-5-4-11(3)14(8-12)15(16,17)13-6-7-18-9-13/h4-5,8,10,13,18H,6-7,9H2,1-3H3. The monoisotopic (exact) mass is 253 g/mol. The molecule has 0 saturated carbocycles. The largest absolute Gasteiger partial charge is 0.316 e. The van der Waals surface area contributed by atoms with Crippen molar-refractivity contribution in [3.63, 3.8) is 0 Å². The maximum Gasteiger partial charge on any atom is 0.277 e. The van der Waals surface area contributed by atoms with Gasteiger partial charge in [-0.3, -0.25) is 0 Å². The Balaban J connectivity index is 2.38. The first-order chi connectivity index (χ1) is 8.43. The third-order valence-electron chi connectivity index (χ3n) is 3.86. The predicted molar refractivity (Wildman–Crippen MR) is 70.1 cm³/mol. The summed E-state index contributed by atoms with van der Waals surface area (Å²) in [6, 6.07) is 5.46. The van der Waals surface area contributed by atoms with Crippen molar-refractivity contribution in [1.29, 1.82) is 0 Å². The van der Waals surface area contributed by atoms with Crippen LogP contribution in [0.25, 0.3) is 0 Å². The van der Waals surface area contributed by atoms with Crippen LogP contribution in [0.15, 0.2) is 18.2 Å². The summed E-state index contributed by atoms with van der Waals surface area (Å²) in [7, 11) is 0. The second kappa shape index (κ2) is 4.96. The number of hydrogen-bond acceptors (Lipinski definition) is 1. The van der Waals surface area contributed by atoms with Crippen molar-refractivity contribution in [3.8, 4) is 0 Å². The van der Waals surface area contributed by atoms with Gasteiger partial charge in [0.25, 0.3) is 5.92 Å². The quantitative estimate of drug-likeness (QED) is 0.863. The van der Waals surface area contributed by atoms with Crippen molar-refractivity contribution >= 4 is 0 Å².